The first kappa shape index (κ1) is 11.7. The molecule has 1 aromatic rings. The maximum atomic E-state index is 12.7. The van der Waals surface area contributed by atoms with Gasteiger partial charge >= 0.3 is 10.1 Å². The fraction of sp³-hybridized carbons (Fsp3) is 0. The second-order valence-electron chi connectivity index (χ2n) is 2.39. The fourth-order valence-corrected chi connectivity index (χ4v) is 1.45. The average Bonchev–Trinajstić information content (AvgIpc) is 2.09. The lowest BCUT2D eigenvalue weighted by Gasteiger charge is -2.03. The predicted octanol–water partition coefficient (Wildman–Crippen LogP) is 1.63. The van der Waals surface area contributed by atoms with Crippen molar-refractivity contribution in [2.24, 2.45) is 0 Å². The molecule has 83 valence electrons. The van der Waals surface area contributed by atoms with Crippen molar-refractivity contribution in [3.05, 3.63) is 23.3 Å². The smallest absolute Gasteiger partial charge is 0.283 e. The van der Waals surface area contributed by atoms with Gasteiger partial charge in [0.2, 0.25) is 11.6 Å². The second kappa shape index (κ2) is 3.35. The summed E-state index contributed by atoms with van der Waals surface area (Å²) in [6.45, 7) is 0. The molecule has 0 aliphatic rings. The van der Waals surface area contributed by atoms with E-state index in [1.165, 1.54) is 0 Å². The first-order valence-corrected chi connectivity index (χ1v) is 4.62. The zero-order valence-corrected chi connectivity index (χ0v) is 7.41. The van der Waals surface area contributed by atoms with Crippen LogP contribution in [0.1, 0.15) is 0 Å². The normalized spacial score (nSPS) is 11.8. The van der Waals surface area contributed by atoms with Crippen LogP contribution in [0.4, 0.5) is 17.6 Å². The Labute approximate surface area is 80.5 Å². The van der Waals surface area contributed by atoms with E-state index < -0.39 is 44.0 Å². The summed E-state index contributed by atoms with van der Waals surface area (Å²) in [5.41, 5.74) is 0. The Morgan fingerprint density at radius 3 is 1.47 bits per heavy atom. The highest BCUT2D eigenvalue weighted by molar-refractivity contribution is 7.85. The zero-order valence-electron chi connectivity index (χ0n) is 6.59. The summed E-state index contributed by atoms with van der Waals surface area (Å²) in [7, 11) is -5.49. The molecule has 0 aliphatic heterocycles. The summed E-state index contributed by atoms with van der Waals surface area (Å²) in [5, 5.41) is 10.4. The van der Waals surface area contributed by atoms with Gasteiger partial charge < -0.3 is 0 Å². The minimum atomic E-state index is -5.49. The highest BCUT2D eigenvalue weighted by Crippen LogP contribution is 2.31. The molecule has 0 spiro atoms. The van der Waals surface area contributed by atoms with Crippen LogP contribution in [-0.2, 0) is 15.2 Å². The minimum Gasteiger partial charge on any atom is -0.283 e. The lowest BCUT2D eigenvalue weighted by atomic mass is 10.3. The maximum absolute atomic E-state index is 12.7. The molecular formula is C6HF4O4S. The number of hydrogen-bond acceptors (Lipinski definition) is 2. The van der Waals surface area contributed by atoms with Crippen molar-refractivity contribution in [2.45, 2.75) is 4.90 Å². The Morgan fingerprint density at radius 1 is 0.867 bits per heavy atom. The van der Waals surface area contributed by atoms with Crippen LogP contribution in [0, 0.1) is 23.3 Å². The van der Waals surface area contributed by atoms with E-state index in [1.54, 1.807) is 0 Å². The van der Waals surface area contributed by atoms with E-state index in [0.29, 0.717) is 0 Å². The molecule has 0 saturated heterocycles. The van der Waals surface area contributed by atoms with Crippen molar-refractivity contribution in [3.8, 4) is 5.75 Å². The van der Waals surface area contributed by atoms with Crippen molar-refractivity contribution in [3.63, 3.8) is 0 Å². The third-order valence-electron chi connectivity index (χ3n) is 1.44. The molecule has 0 heterocycles. The fourth-order valence-electron chi connectivity index (χ4n) is 0.818. The van der Waals surface area contributed by atoms with Crippen LogP contribution >= 0.6 is 0 Å². The van der Waals surface area contributed by atoms with E-state index in [4.69, 9.17) is 4.55 Å². The maximum Gasteiger partial charge on any atom is 0.300 e. The van der Waals surface area contributed by atoms with Gasteiger partial charge in [0.05, 0.1) is 0 Å². The number of hydrogen-bond donors (Lipinski definition) is 1. The molecule has 0 saturated carbocycles. The quantitative estimate of drug-likeness (QED) is 0.464. The summed E-state index contributed by atoms with van der Waals surface area (Å²) < 4.78 is 79.3. The highest BCUT2D eigenvalue weighted by atomic mass is 32.2. The van der Waals surface area contributed by atoms with Crippen LogP contribution in [0.15, 0.2) is 4.90 Å². The Balaban J connectivity index is 3.84. The molecule has 0 fully saturated rings. The number of rotatable bonds is 1. The lowest BCUT2D eigenvalue weighted by Crippen LogP contribution is -2.09. The van der Waals surface area contributed by atoms with Crippen molar-refractivity contribution in [1.82, 2.24) is 0 Å². The van der Waals surface area contributed by atoms with Gasteiger partial charge in [-0.1, -0.05) is 0 Å². The average molecular weight is 245 g/mol. The Bertz CT molecular complexity index is 495. The van der Waals surface area contributed by atoms with Crippen LogP contribution < -0.4 is 0 Å². The number of benzene rings is 1. The monoisotopic (exact) mass is 245 g/mol. The van der Waals surface area contributed by atoms with Crippen molar-refractivity contribution in [1.29, 1.82) is 0 Å². The van der Waals surface area contributed by atoms with Crippen LogP contribution in [0.5, 0.6) is 5.75 Å². The molecule has 1 rings (SSSR count). The summed E-state index contributed by atoms with van der Waals surface area (Å²) in [6, 6.07) is 0. The topological polar surface area (TPSA) is 74.3 Å². The summed E-state index contributed by atoms with van der Waals surface area (Å²) in [5.74, 6) is -12.0. The van der Waals surface area contributed by atoms with Crippen molar-refractivity contribution >= 4 is 10.1 Å². The third-order valence-corrected chi connectivity index (χ3v) is 2.32. The van der Waals surface area contributed by atoms with Crippen LogP contribution in [0.25, 0.3) is 0 Å². The molecule has 1 N–H and O–H groups in total. The van der Waals surface area contributed by atoms with E-state index in [-0.39, 0.29) is 0 Å². The summed E-state index contributed by atoms with van der Waals surface area (Å²) >= 11 is 0. The largest absolute Gasteiger partial charge is 0.300 e. The first-order chi connectivity index (χ1) is 6.68. The molecule has 4 nitrogen and oxygen atoms in total. The second-order valence-corrected chi connectivity index (χ2v) is 3.75. The molecular weight excluding hydrogens is 244 g/mol. The van der Waals surface area contributed by atoms with Gasteiger partial charge in [0, 0.05) is 0 Å². The van der Waals surface area contributed by atoms with E-state index >= 15 is 0 Å². The molecule has 1 radical (unpaired) electrons. The van der Waals surface area contributed by atoms with Crippen LogP contribution in [-0.4, -0.2) is 13.0 Å². The summed E-state index contributed by atoms with van der Waals surface area (Å²) in [4.78, 5) is -2.22. The lowest BCUT2D eigenvalue weighted by molar-refractivity contribution is 0.279. The molecule has 0 amide bonds. The molecule has 1 aromatic carbocycles. The van der Waals surface area contributed by atoms with Gasteiger partial charge in [0.1, 0.15) is 0 Å². The molecule has 9 heteroatoms. The van der Waals surface area contributed by atoms with Gasteiger partial charge in [-0.3, -0.25) is 9.66 Å². The van der Waals surface area contributed by atoms with Gasteiger partial charge in [-0.2, -0.15) is 17.2 Å². The molecule has 0 atom stereocenters. The van der Waals surface area contributed by atoms with Gasteiger partial charge in [-0.15, -0.1) is 0 Å². The molecule has 0 bridgehead atoms. The third kappa shape index (κ3) is 1.75. The van der Waals surface area contributed by atoms with Gasteiger partial charge in [-0.25, -0.2) is 8.78 Å². The SMILES string of the molecule is [O]c1c(F)c(F)c(S(=O)(=O)O)c(F)c1F. The standard InChI is InChI=1S/C6HF4O4S/c7-1-3(9)6(15(12,13)14)4(10)2(8)5(1)11/h(H,12,13,14). The minimum absolute atomic E-state index is 2.22. The Morgan fingerprint density at radius 2 is 1.20 bits per heavy atom. The van der Waals surface area contributed by atoms with Crippen molar-refractivity contribution in [2.75, 3.05) is 0 Å². The highest BCUT2D eigenvalue weighted by Gasteiger charge is 2.32. The predicted molar refractivity (Wildman–Crippen MR) is 36.2 cm³/mol. The van der Waals surface area contributed by atoms with Crippen LogP contribution in [0.2, 0.25) is 0 Å². The van der Waals surface area contributed by atoms with Crippen LogP contribution in [0.3, 0.4) is 0 Å². The molecule has 0 aliphatic carbocycles. The Hall–Kier alpha value is -1.35. The van der Waals surface area contributed by atoms with Crippen molar-refractivity contribution < 1.29 is 35.6 Å². The van der Waals surface area contributed by atoms with E-state index in [1.807, 2.05) is 0 Å². The van der Waals surface area contributed by atoms with E-state index in [2.05, 4.69) is 0 Å². The van der Waals surface area contributed by atoms with E-state index in [9.17, 15) is 31.1 Å². The summed E-state index contributed by atoms with van der Waals surface area (Å²) in [6.07, 6.45) is 0. The van der Waals surface area contributed by atoms with Gasteiger partial charge in [0.15, 0.2) is 16.5 Å². The van der Waals surface area contributed by atoms with E-state index in [0.717, 1.165) is 0 Å². The first-order valence-electron chi connectivity index (χ1n) is 3.18. The Kier molecular flexibility index (Phi) is 2.62. The zero-order chi connectivity index (χ0) is 12.0. The molecule has 0 unspecified atom stereocenters. The molecule has 15 heavy (non-hydrogen) atoms. The van der Waals surface area contributed by atoms with Gasteiger partial charge in [0.25, 0.3) is 5.75 Å². The number of halogens is 4. The molecule has 0 aromatic heterocycles. The van der Waals surface area contributed by atoms with Gasteiger partial charge in [-0.05, 0) is 0 Å².